The lowest BCUT2D eigenvalue weighted by atomic mass is 10.3. The fraction of sp³-hybridized carbons (Fsp3) is 0.231. The van der Waals surface area contributed by atoms with Crippen LogP contribution in [0, 0.1) is 5.95 Å². The summed E-state index contributed by atoms with van der Waals surface area (Å²) in [4.78, 5) is 14.2. The van der Waals surface area contributed by atoms with Crippen molar-refractivity contribution >= 4 is 34.9 Å². The van der Waals surface area contributed by atoms with Gasteiger partial charge in [0.25, 0.3) is 0 Å². The van der Waals surface area contributed by atoms with Crippen molar-refractivity contribution in [2.75, 3.05) is 5.32 Å². The van der Waals surface area contributed by atoms with Crippen LogP contribution >= 0.6 is 23.2 Å². The van der Waals surface area contributed by atoms with Gasteiger partial charge in [-0.15, -0.1) is 0 Å². The number of hydrogen-bond donors (Lipinski definition) is 2. The van der Waals surface area contributed by atoms with E-state index in [1.807, 2.05) is 0 Å². The Labute approximate surface area is 134 Å². The Morgan fingerprint density at radius 1 is 1.55 bits per heavy atom. The Hall–Kier alpha value is -1.99. The number of rotatable bonds is 6. The molecule has 2 N–H and O–H groups in total. The number of carbonyl (C=O) groups is 1. The summed E-state index contributed by atoms with van der Waals surface area (Å²) >= 11 is 11.9. The lowest BCUT2D eigenvalue weighted by Gasteiger charge is -2.15. The van der Waals surface area contributed by atoms with Crippen molar-refractivity contribution in [3.05, 3.63) is 40.1 Å². The second kappa shape index (κ2) is 6.85. The van der Waals surface area contributed by atoms with Crippen molar-refractivity contribution in [3.8, 4) is 5.88 Å². The van der Waals surface area contributed by atoms with Gasteiger partial charge >= 0.3 is 5.97 Å². The number of halogens is 3. The molecule has 2 aromatic heterocycles. The van der Waals surface area contributed by atoms with E-state index in [0.29, 0.717) is 5.76 Å². The van der Waals surface area contributed by atoms with Crippen LogP contribution in [0.25, 0.3) is 0 Å². The molecule has 0 saturated heterocycles. The van der Waals surface area contributed by atoms with Crippen molar-refractivity contribution in [2.24, 2.45) is 0 Å². The molecule has 0 aliphatic carbocycles. The van der Waals surface area contributed by atoms with E-state index < -0.39 is 18.0 Å². The number of carboxylic acid groups (broad SMARTS) is 1. The average molecular weight is 349 g/mol. The van der Waals surface area contributed by atoms with Gasteiger partial charge in [0.15, 0.2) is 6.10 Å². The maximum absolute atomic E-state index is 13.7. The first-order chi connectivity index (χ1) is 10.4. The predicted molar refractivity (Wildman–Crippen MR) is 78.0 cm³/mol. The number of furan rings is 1. The minimum Gasteiger partial charge on any atom is -0.479 e. The molecule has 22 heavy (non-hydrogen) atoms. The highest BCUT2D eigenvalue weighted by Gasteiger charge is 2.22. The summed E-state index contributed by atoms with van der Waals surface area (Å²) in [5, 5.41) is 11.2. The smallest absolute Gasteiger partial charge is 0.344 e. The Kier molecular flexibility index (Phi) is 5.10. The van der Waals surface area contributed by atoms with Gasteiger partial charge in [-0.3, -0.25) is 0 Å². The van der Waals surface area contributed by atoms with Gasteiger partial charge in [0.05, 0.1) is 18.5 Å². The number of pyridine rings is 1. The minimum absolute atomic E-state index is 0.0415. The maximum atomic E-state index is 13.7. The first kappa shape index (κ1) is 16.4. The number of nitrogens with zero attached hydrogens (tertiary/aromatic N) is 1. The molecule has 118 valence electrons. The van der Waals surface area contributed by atoms with Crippen LogP contribution in [0.5, 0.6) is 5.88 Å². The molecule has 1 atom stereocenters. The van der Waals surface area contributed by atoms with Crippen LogP contribution in [0.15, 0.2) is 22.8 Å². The van der Waals surface area contributed by atoms with Gasteiger partial charge in [0.1, 0.15) is 15.8 Å². The largest absolute Gasteiger partial charge is 0.479 e. The molecule has 2 rings (SSSR count). The molecule has 9 heteroatoms. The highest BCUT2D eigenvalue weighted by Crippen LogP contribution is 2.38. The normalized spacial score (nSPS) is 12.0. The zero-order valence-corrected chi connectivity index (χ0v) is 12.8. The molecule has 0 radical (unpaired) electrons. The Morgan fingerprint density at radius 3 is 2.86 bits per heavy atom. The SMILES string of the molecule is CC(Oc1nc(F)c(Cl)c(NCc2ccco2)c1Cl)C(=O)O. The third-order valence-electron chi connectivity index (χ3n) is 2.66. The van der Waals surface area contributed by atoms with Crippen LogP contribution in [0.4, 0.5) is 10.1 Å². The van der Waals surface area contributed by atoms with Gasteiger partial charge < -0.3 is 19.6 Å². The zero-order valence-electron chi connectivity index (χ0n) is 11.3. The monoisotopic (exact) mass is 348 g/mol. The first-order valence-electron chi connectivity index (χ1n) is 6.10. The standard InChI is InChI=1S/C13H11Cl2FN2O4/c1-6(13(19)20)22-12-9(15)10(8(14)11(16)18-12)17-5-7-3-2-4-21-7/h2-4,6H,5H2,1H3,(H,17,18)(H,19,20). The first-order valence-corrected chi connectivity index (χ1v) is 6.86. The van der Waals surface area contributed by atoms with Crippen molar-refractivity contribution in [3.63, 3.8) is 0 Å². The Bertz CT molecular complexity index is 679. The molecule has 6 nitrogen and oxygen atoms in total. The summed E-state index contributed by atoms with van der Waals surface area (Å²) in [5.74, 6) is -2.05. The van der Waals surface area contributed by atoms with Gasteiger partial charge in [-0.05, 0) is 19.1 Å². The molecule has 0 bridgehead atoms. The molecule has 0 aromatic carbocycles. The number of ether oxygens (including phenoxy) is 1. The Morgan fingerprint density at radius 2 is 2.27 bits per heavy atom. The number of aliphatic carboxylic acids is 1. The number of nitrogens with one attached hydrogen (secondary N) is 1. The van der Waals surface area contributed by atoms with Crippen molar-refractivity contribution in [1.29, 1.82) is 0 Å². The molecule has 0 amide bonds. The van der Waals surface area contributed by atoms with E-state index in [1.54, 1.807) is 12.1 Å². The van der Waals surface area contributed by atoms with Crippen molar-refractivity contribution < 1.29 is 23.4 Å². The number of anilines is 1. The molecule has 2 heterocycles. The zero-order chi connectivity index (χ0) is 16.3. The van der Waals surface area contributed by atoms with Crippen LogP contribution in [0.3, 0.4) is 0 Å². The van der Waals surface area contributed by atoms with Gasteiger partial charge in [-0.25, -0.2) is 4.79 Å². The fourth-order valence-electron chi connectivity index (χ4n) is 1.53. The predicted octanol–water partition coefficient (Wildman–Crippen LogP) is 3.58. The Balaban J connectivity index is 2.27. The topological polar surface area (TPSA) is 84.6 Å². The molecule has 0 spiro atoms. The van der Waals surface area contributed by atoms with Crippen LogP contribution in [0.1, 0.15) is 12.7 Å². The highest BCUT2D eigenvalue weighted by atomic mass is 35.5. The summed E-state index contributed by atoms with van der Waals surface area (Å²) < 4.78 is 23.9. The van der Waals surface area contributed by atoms with Gasteiger partial charge in [-0.1, -0.05) is 23.2 Å². The van der Waals surface area contributed by atoms with Crippen LogP contribution in [-0.4, -0.2) is 22.2 Å². The second-order valence-corrected chi connectivity index (χ2v) is 5.00. The fourth-order valence-corrected chi connectivity index (χ4v) is 2.03. The highest BCUT2D eigenvalue weighted by molar-refractivity contribution is 6.39. The lowest BCUT2D eigenvalue weighted by Crippen LogP contribution is -2.23. The van der Waals surface area contributed by atoms with Crippen molar-refractivity contribution in [2.45, 2.75) is 19.6 Å². The lowest BCUT2D eigenvalue weighted by molar-refractivity contribution is -0.144. The van der Waals surface area contributed by atoms with E-state index in [-0.39, 0.29) is 28.2 Å². The summed E-state index contributed by atoms with van der Waals surface area (Å²) in [7, 11) is 0. The van der Waals surface area contributed by atoms with E-state index in [2.05, 4.69) is 10.3 Å². The minimum atomic E-state index is -1.25. The second-order valence-electron chi connectivity index (χ2n) is 4.24. The molecular weight excluding hydrogens is 338 g/mol. The third kappa shape index (κ3) is 3.61. The summed E-state index contributed by atoms with van der Waals surface area (Å²) in [6.07, 6.45) is 0.236. The third-order valence-corrected chi connectivity index (χ3v) is 3.36. The van der Waals surface area contributed by atoms with Gasteiger partial charge in [0, 0.05) is 0 Å². The van der Waals surface area contributed by atoms with Crippen molar-refractivity contribution in [1.82, 2.24) is 4.98 Å². The molecule has 0 aliphatic rings. The van der Waals surface area contributed by atoms with Crippen LogP contribution in [-0.2, 0) is 11.3 Å². The summed E-state index contributed by atoms with van der Waals surface area (Å²) in [6.45, 7) is 1.46. The van der Waals surface area contributed by atoms with E-state index in [0.717, 1.165) is 0 Å². The van der Waals surface area contributed by atoms with Gasteiger partial charge in [0.2, 0.25) is 11.8 Å². The molecule has 1 unspecified atom stereocenters. The molecule has 0 saturated carbocycles. The summed E-state index contributed by atoms with van der Waals surface area (Å²) in [5.41, 5.74) is 0.0415. The quantitative estimate of drug-likeness (QED) is 0.776. The number of hydrogen-bond acceptors (Lipinski definition) is 5. The molecule has 0 fully saturated rings. The molecular formula is C13H11Cl2FN2O4. The van der Waals surface area contributed by atoms with E-state index in [4.69, 9.17) is 37.5 Å². The number of aromatic nitrogens is 1. The average Bonchev–Trinajstić information content (AvgIpc) is 2.97. The maximum Gasteiger partial charge on any atom is 0.344 e. The number of carboxylic acids is 1. The summed E-state index contributed by atoms with van der Waals surface area (Å²) in [6, 6.07) is 3.40. The molecule has 0 aliphatic heterocycles. The molecule has 2 aromatic rings. The van der Waals surface area contributed by atoms with E-state index in [1.165, 1.54) is 13.2 Å². The van der Waals surface area contributed by atoms with E-state index >= 15 is 0 Å². The van der Waals surface area contributed by atoms with Crippen LogP contribution in [0.2, 0.25) is 10.0 Å². The van der Waals surface area contributed by atoms with Gasteiger partial charge in [-0.2, -0.15) is 9.37 Å². The van der Waals surface area contributed by atoms with Crippen LogP contribution < -0.4 is 10.1 Å². The van der Waals surface area contributed by atoms with E-state index in [9.17, 15) is 9.18 Å².